The second-order valence-electron chi connectivity index (χ2n) is 0.976. The lowest BCUT2D eigenvalue weighted by atomic mass is 10.5. The predicted molar refractivity (Wildman–Crippen MR) is 22.5 cm³/mol. The molecule has 0 rings (SSSR count). The summed E-state index contributed by atoms with van der Waals surface area (Å²) in [7, 11) is 0. The summed E-state index contributed by atoms with van der Waals surface area (Å²) in [4.78, 5) is 0. The molecule has 0 aliphatic carbocycles. The first-order valence-corrected chi connectivity index (χ1v) is 1.99. The molecule has 0 aromatic carbocycles. The molecule has 0 saturated carbocycles. The zero-order valence-electron chi connectivity index (χ0n) is 3.85. The summed E-state index contributed by atoms with van der Waals surface area (Å²) < 4.78 is 4.41. The molecular formula is C4H9O2. The number of hydrogen-bond acceptors (Lipinski definition) is 2. The van der Waals surface area contributed by atoms with Crippen molar-refractivity contribution >= 4 is 0 Å². The minimum Gasteiger partial charge on any atom is -0.364 e. The van der Waals surface area contributed by atoms with Crippen LogP contribution in [0.15, 0.2) is 0 Å². The van der Waals surface area contributed by atoms with Gasteiger partial charge < -0.3 is 9.84 Å². The van der Waals surface area contributed by atoms with Gasteiger partial charge in [0.1, 0.15) is 0 Å². The Bertz CT molecular complexity index is 17.5. The Morgan fingerprint density at radius 2 is 2.50 bits per heavy atom. The van der Waals surface area contributed by atoms with Gasteiger partial charge >= 0.3 is 0 Å². The van der Waals surface area contributed by atoms with E-state index in [0.717, 1.165) is 6.42 Å². The molecule has 0 spiro atoms. The van der Waals surface area contributed by atoms with Gasteiger partial charge in [-0.05, 0) is 6.42 Å². The van der Waals surface area contributed by atoms with E-state index >= 15 is 0 Å². The van der Waals surface area contributed by atoms with E-state index < -0.39 is 0 Å². The van der Waals surface area contributed by atoms with Crippen LogP contribution < -0.4 is 0 Å². The van der Waals surface area contributed by atoms with Gasteiger partial charge in [0.2, 0.25) is 6.79 Å². The second-order valence-corrected chi connectivity index (χ2v) is 0.976. The van der Waals surface area contributed by atoms with Crippen LogP contribution in [0.2, 0.25) is 0 Å². The van der Waals surface area contributed by atoms with E-state index in [4.69, 9.17) is 5.11 Å². The van der Waals surface area contributed by atoms with Crippen molar-refractivity contribution in [2.75, 3.05) is 6.61 Å². The summed E-state index contributed by atoms with van der Waals surface area (Å²) in [6.45, 7) is 3.30. The monoisotopic (exact) mass is 89.1 g/mol. The van der Waals surface area contributed by atoms with E-state index in [9.17, 15) is 0 Å². The Hall–Kier alpha value is -0.0800. The predicted octanol–water partition coefficient (Wildman–Crippen LogP) is 0.905. The first kappa shape index (κ1) is 5.92. The van der Waals surface area contributed by atoms with Gasteiger partial charge in [-0.2, -0.15) is 0 Å². The first-order valence-electron chi connectivity index (χ1n) is 1.99. The van der Waals surface area contributed by atoms with Gasteiger partial charge in [0.25, 0.3) is 0 Å². The minimum atomic E-state index is 0.608. The molecule has 0 aliphatic rings. The fourth-order valence-electron chi connectivity index (χ4n) is 0.171. The van der Waals surface area contributed by atoms with E-state index in [1.807, 2.05) is 6.92 Å². The zero-order valence-corrected chi connectivity index (χ0v) is 3.85. The summed E-state index contributed by atoms with van der Waals surface area (Å²) in [6.07, 6.45) is 0.942. The molecule has 0 unspecified atom stereocenters. The van der Waals surface area contributed by atoms with Crippen LogP contribution in [0.4, 0.5) is 0 Å². The highest BCUT2D eigenvalue weighted by Gasteiger charge is 1.74. The van der Waals surface area contributed by atoms with Crippen molar-refractivity contribution in [3.8, 4) is 0 Å². The summed E-state index contributed by atoms with van der Waals surface area (Å²) in [6, 6.07) is 0. The minimum absolute atomic E-state index is 0.608. The molecule has 2 heteroatoms. The molecule has 0 saturated heterocycles. The number of ether oxygens (including phenoxy) is 1. The highest BCUT2D eigenvalue weighted by molar-refractivity contribution is 4.23. The molecule has 0 aromatic heterocycles. The summed E-state index contributed by atoms with van der Waals surface area (Å²) in [5.74, 6) is 0. The molecular weight excluding hydrogens is 80.0 g/mol. The molecule has 0 amide bonds. The molecule has 0 bridgehead atoms. The molecule has 1 radical (unpaired) electrons. The molecule has 2 nitrogen and oxygen atoms in total. The maximum absolute atomic E-state index is 7.85. The van der Waals surface area contributed by atoms with Gasteiger partial charge in [0.05, 0.1) is 0 Å². The molecule has 0 fully saturated rings. The summed E-state index contributed by atoms with van der Waals surface area (Å²) in [5, 5.41) is 7.85. The van der Waals surface area contributed by atoms with Crippen molar-refractivity contribution in [2.45, 2.75) is 13.3 Å². The van der Waals surface area contributed by atoms with Crippen LogP contribution in [0.5, 0.6) is 0 Å². The second kappa shape index (κ2) is 4.92. The molecule has 0 aliphatic heterocycles. The molecule has 1 N–H and O–H groups in total. The Balaban J connectivity index is 2.34. The fourth-order valence-corrected chi connectivity index (χ4v) is 0.171. The molecule has 6 heavy (non-hydrogen) atoms. The van der Waals surface area contributed by atoms with Crippen LogP contribution in [0, 0.1) is 6.79 Å². The molecule has 37 valence electrons. The Morgan fingerprint density at radius 3 is 2.67 bits per heavy atom. The van der Waals surface area contributed by atoms with E-state index in [-0.39, 0.29) is 0 Å². The van der Waals surface area contributed by atoms with Crippen LogP contribution in [0.3, 0.4) is 0 Å². The van der Waals surface area contributed by atoms with E-state index in [2.05, 4.69) is 4.74 Å². The Labute approximate surface area is 37.7 Å². The first-order chi connectivity index (χ1) is 2.91. The lowest BCUT2D eigenvalue weighted by Gasteiger charge is -1.89. The fraction of sp³-hybridized carbons (Fsp3) is 0.750. The average Bonchev–Trinajstić information content (AvgIpc) is 1.61. The number of rotatable bonds is 3. The topological polar surface area (TPSA) is 29.5 Å². The lowest BCUT2D eigenvalue weighted by Crippen LogP contribution is -1.85. The van der Waals surface area contributed by atoms with Gasteiger partial charge in [0.15, 0.2) is 0 Å². The van der Waals surface area contributed by atoms with E-state index in [0.29, 0.717) is 13.4 Å². The third-order valence-electron chi connectivity index (χ3n) is 0.397. The van der Waals surface area contributed by atoms with Gasteiger partial charge in [-0.3, -0.25) is 0 Å². The SMILES string of the molecule is CCCO[CH]O. The molecule has 0 atom stereocenters. The highest BCUT2D eigenvalue weighted by Crippen LogP contribution is 1.77. The van der Waals surface area contributed by atoms with Gasteiger partial charge in [0, 0.05) is 6.61 Å². The van der Waals surface area contributed by atoms with Crippen molar-refractivity contribution < 1.29 is 9.84 Å². The summed E-state index contributed by atoms with van der Waals surface area (Å²) >= 11 is 0. The lowest BCUT2D eigenvalue weighted by molar-refractivity contribution is 0.0787. The van der Waals surface area contributed by atoms with Crippen molar-refractivity contribution in [3.05, 3.63) is 6.79 Å². The molecule has 0 heterocycles. The number of hydrogen-bond donors (Lipinski definition) is 1. The van der Waals surface area contributed by atoms with Crippen LogP contribution in [0.1, 0.15) is 13.3 Å². The zero-order chi connectivity index (χ0) is 4.83. The smallest absolute Gasteiger partial charge is 0.206 e. The maximum Gasteiger partial charge on any atom is 0.206 e. The van der Waals surface area contributed by atoms with Crippen LogP contribution in [0.25, 0.3) is 0 Å². The standard InChI is InChI=1S/C4H9O2/c1-2-3-6-4-5/h4-5H,2-3H2,1H3. The summed E-state index contributed by atoms with van der Waals surface area (Å²) in [5.41, 5.74) is 0. The molecule has 0 aromatic rings. The van der Waals surface area contributed by atoms with Crippen molar-refractivity contribution in [1.82, 2.24) is 0 Å². The number of aliphatic hydroxyl groups excluding tert-OH is 1. The van der Waals surface area contributed by atoms with Gasteiger partial charge in [-0.15, -0.1) is 0 Å². The van der Waals surface area contributed by atoms with Crippen LogP contribution >= 0.6 is 0 Å². The quantitative estimate of drug-likeness (QED) is 0.520. The van der Waals surface area contributed by atoms with E-state index in [1.165, 1.54) is 0 Å². The third kappa shape index (κ3) is 3.92. The van der Waals surface area contributed by atoms with Crippen molar-refractivity contribution in [2.24, 2.45) is 0 Å². The Morgan fingerprint density at radius 1 is 1.83 bits per heavy atom. The van der Waals surface area contributed by atoms with Crippen molar-refractivity contribution in [3.63, 3.8) is 0 Å². The number of aliphatic hydroxyl groups is 1. The Kier molecular flexibility index (Phi) is 4.85. The van der Waals surface area contributed by atoms with Crippen LogP contribution in [-0.2, 0) is 4.74 Å². The van der Waals surface area contributed by atoms with Gasteiger partial charge in [-0.25, -0.2) is 0 Å². The average molecular weight is 89.1 g/mol. The van der Waals surface area contributed by atoms with Crippen LogP contribution in [-0.4, -0.2) is 11.7 Å². The highest BCUT2D eigenvalue weighted by atomic mass is 16.6. The van der Waals surface area contributed by atoms with E-state index in [1.54, 1.807) is 0 Å². The normalized spacial score (nSPS) is 9.00. The van der Waals surface area contributed by atoms with Crippen molar-refractivity contribution in [1.29, 1.82) is 0 Å². The third-order valence-corrected chi connectivity index (χ3v) is 0.397. The maximum atomic E-state index is 7.85. The largest absolute Gasteiger partial charge is 0.364 e. The van der Waals surface area contributed by atoms with Gasteiger partial charge in [-0.1, -0.05) is 6.92 Å².